The van der Waals surface area contributed by atoms with Gasteiger partial charge in [-0.3, -0.25) is 4.79 Å². The Balaban J connectivity index is 1.21. The van der Waals surface area contributed by atoms with Crippen molar-refractivity contribution in [3.8, 4) is 0 Å². The highest BCUT2D eigenvalue weighted by atomic mass is 16.1. The molecule has 0 saturated heterocycles. The third-order valence-electron chi connectivity index (χ3n) is 12.8. The van der Waals surface area contributed by atoms with E-state index in [0.29, 0.717) is 29.8 Å². The molecule has 0 radical (unpaired) electrons. The van der Waals surface area contributed by atoms with Crippen molar-refractivity contribution in [2.45, 2.75) is 137 Å². The number of carbonyl (C=O) groups excluding carboxylic acids is 1. The molecular weight excluding hydrogens is 506 g/mol. The predicted octanol–water partition coefficient (Wildman–Crippen LogP) is 5.81. The number of nitrogens with two attached hydrogens (primary N) is 1. The molecule has 6 heteroatoms. The zero-order chi connectivity index (χ0) is 29.5. The van der Waals surface area contributed by atoms with Crippen molar-refractivity contribution in [1.82, 2.24) is 21.3 Å². The zero-order valence-corrected chi connectivity index (χ0v) is 27.5. The Labute approximate surface area is 253 Å². The summed E-state index contributed by atoms with van der Waals surface area (Å²) in [6, 6.07) is 0.974. The van der Waals surface area contributed by atoms with Crippen LogP contribution in [-0.4, -0.2) is 50.8 Å². The third kappa shape index (κ3) is 8.08. The molecule has 4 aliphatic rings. The molecule has 4 fully saturated rings. The Bertz CT molecular complexity index is 805. The fourth-order valence-corrected chi connectivity index (χ4v) is 10.6. The van der Waals surface area contributed by atoms with Crippen LogP contribution in [0.5, 0.6) is 0 Å². The number of fused-ring (bicyclic) bond motifs is 5. The average Bonchev–Trinajstić information content (AvgIpc) is 3.29. The topological polar surface area (TPSA) is 91.2 Å². The Kier molecular flexibility index (Phi) is 12.4. The number of unbranched alkanes of at least 4 members (excludes halogenated alkanes) is 1. The maximum atomic E-state index is 12.3. The number of hydrogen-bond acceptors (Lipinski definition) is 5. The second-order valence-corrected chi connectivity index (χ2v) is 15.6. The molecule has 0 spiro atoms. The third-order valence-corrected chi connectivity index (χ3v) is 12.8. The summed E-state index contributed by atoms with van der Waals surface area (Å²) < 4.78 is 0. The maximum Gasteiger partial charge on any atom is 0.220 e. The molecule has 41 heavy (non-hydrogen) atoms. The largest absolute Gasteiger partial charge is 0.354 e. The van der Waals surface area contributed by atoms with Gasteiger partial charge in [-0.25, -0.2) is 0 Å². The van der Waals surface area contributed by atoms with Crippen LogP contribution in [0, 0.1) is 46.3 Å². The number of carbonyl (C=O) groups is 1. The highest BCUT2D eigenvalue weighted by molar-refractivity contribution is 5.76. The van der Waals surface area contributed by atoms with Crippen LogP contribution in [0.4, 0.5) is 0 Å². The van der Waals surface area contributed by atoms with E-state index in [-0.39, 0.29) is 11.9 Å². The van der Waals surface area contributed by atoms with Gasteiger partial charge in [0.15, 0.2) is 0 Å². The highest BCUT2D eigenvalue weighted by Gasteiger charge is 2.60. The molecule has 0 aromatic carbocycles. The summed E-state index contributed by atoms with van der Waals surface area (Å²) in [7, 11) is 0. The fourth-order valence-electron chi connectivity index (χ4n) is 10.6. The predicted molar refractivity (Wildman–Crippen MR) is 172 cm³/mol. The van der Waals surface area contributed by atoms with Gasteiger partial charge in [0.25, 0.3) is 0 Å². The lowest BCUT2D eigenvalue weighted by Gasteiger charge is -2.61. The molecule has 1 amide bonds. The minimum Gasteiger partial charge on any atom is -0.354 e. The fraction of sp³-hybridized carbons (Fsp3) is 0.971. The molecule has 0 bridgehead atoms. The first-order valence-electron chi connectivity index (χ1n) is 17.8. The summed E-state index contributed by atoms with van der Waals surface area (Å²) in [5.74, 6) is 5.40. The quantitative estimate of drug-likeness (QED) is 0.119. The van der Waals surface area contributed by atoms with Crippen molar-refractivity contribution in [2.75, 3.05) is 32.8 Å². The second kappa shape index (κ2) is 15.3. The molecule has 9 atom stereocenters. The van der Waals surface area contributed by atoms with Crippen LogP contribution in [0.1, 0.15) is 125 Å². The van der Waals surface area contributed by atoms with Crippen molar-refractivity contribution in [3.05, 3.63) is 0 Å². The number of amides is 1. The first kappa shape index (κ1) is 33.2. The Morgan fingerprint density at radius 1 is 0.829 bits per heavy atom. The standard InChI is InChI=1S/C35H67N5O/c1-25(2)40-33(41)14-9-26(3)30-12-13-31-29-11-10-27-23-28(39-22-8-21-37-19-6-7-20-38-24-36)15-17-34(27,4)32(29)16-18-35(30,31)5/h25-32,37-39H,6-24,36H2,1-5H3,(H,40,41)/t26-,27?,28+,29?,30-,31?,32?,34+,35-/m1/s1. The van der Waals surface area contributed by atoms with Gasteiger partial charge in [-0.2, -0.15) is 0 Å². The molecule has 0 aromatic heterocycles. The van der Waals surface area contributed by atoms with Gasteiger partial charge in [0, 0.05) is 25.2 Å². The van der Waals surface area contributed by atoms with Crippen molar-refractivity contribution in [3.63, 3.8) is 0 Å². The lowest BCUT2D eigenvalue weighted by atomic mass is 9.44. The van der Waals surface area contributed by atoms with E-state index in [2.05, 4.69) is 55.9 Å². The first-order chi connectivity index (χ1) is 19.7. The van der Waals surface area contributed by atoms with E-state index in [4.69, 9.17) is 5.73 Å². The van der Waals surface area contributed by atoms with Gasteiger partial charge in [-0.15, -0.1) is 0 Å². The van der Waals surface area contributed by atoms with Gasteiger partial charge in [0.05, 0.1) is 0 Å². The molecule has 4 unspecified atom stereocenters. The molecule has 4 rings (SSSR count). The minimum atomic E-state index is 0.242. The van der Waals surface area contributed by atoms with Crippen LogP contribution in [0.3, 0.4) is 0 Å². The number of rotatable bonds is 16. The zero-order valence-electron chi connectivity index (χ0n) is 27.5. The van der Waals surface area contributed by atoms with Crippen LogP contribution in [-0.2, 0) is 4.79 Å². The summed E-state index contributed by atoms with van der Waals surface area (Å²) in [5.41, 5.74) is 6.53. The molecule has 4 saturated carbocycles. The van der Waals surface area contributed by atoms with Gasteiger partial charge in [-0.1, -0.05) is 20.8 Å². The van der Waals surface area contributed by atoms with Crippen LogP contribution in [0.25, 0.3) is 0 Å². The molecular formula is C35H67N5O. The Morgan fingerprint density at radius 2 is 1.54 bits per heavy atom. The maximum absolute atomic E-state index is 12.3. The summed E-state index contributed by atoms with van der Waals surface area (Å²) in [5, 5.41) is 13.9. The molecule has 238 valence electrons. The first-order valence-corrected chi connectivity index (χ1v) is 17.8. The second-order valence-electron chi connectivity index (χ2n) is 15.6. The van der Waals surface area contributed by atoms with Crippen LogP contribution in [0.2, 0.25) is 0 Å². The minimum absolute atomic E-state index is 0.242. The van der Waals surface area contributed by atoms with E-state index in [1.165, 1.54) is 77.0 Å². The van der Waals surface area contributed by atoms with Gasteiger partial charge < -0.3 is 27.0 Å². The summed E-state index contributed by atoms with van der Waals surface area (Å²) in [4.78, 5) is 12.3. The van der Waals surface area contributed by atoms with Crippen LogP contribution in [0.15, 0.2) is 0 Å². The Morgan fingerprint density at radius 3 is 2.29 bits per heavy atom. The molecule has 0 heterocycles. The average molecular weight is 574 g/mol. The van der Waals surface area contributed by atoms with Crippen LogP contribution >= 0.6 is 0 Å². The number of hydrogen-bond donors (Lipinski definition) is 5. The van der Waals surface area contributed by atoms with E-state index in [1.807, 2.05) is 0 Å². The van der Waals surface area contributed by atoms with Gasteiger partial charge in [0.1, 0.15) is 0 Å². The van der Waals surface area contributed by atoms with Crippen molar-refractivity contribution in [2.24, 2.45) is 52.1 Å². The van der Waals surface area contributed by atoms with E-state index >= 15 is 0 Å². The molecule has 0 aliphatic heterocycles. The van der Waals surface area contributed by atoms with E-state index in [1.54, 1.807) is 0 Å². The molecule has 6 N–H and O–H groups in total. The normalized spacial score (nSPS) is 37.3. The van der Waals surface area contributed by atoms with Gasteiger partial charge >= 0.3 is 0 Å². The lowest BCUT2D eigenvalue weighted by molar-refractivity contribution is -0.123. The van der Waals surface area contributed by atoms with Crippen molar-refractivity contribution in [1.29, 1.82) is 0 Å². The van der Waals surface area contributed by atoms with E-state index < -0.39 is 0 Å². The van der Waals surface area contributed by atoms with Crippen LogP contribution < -0.4 is 27.0 Å². The smallest absolute Gasteiger partial charge is 0.220 e. The molecule has 6 nitrogen and oxygen atoms in total. The van der Waals surface area contributed by atoms with Gasteiger partial charge in [-0.05, 0) is 170 Å². The SMILES string of the molecule is CC(C)NC(=O)CC[C@@H](C)[C@H]1CCC2C3CCC4C[C@@H](NCCCNCCCCNCN)CC[C@]4(C)C3CC[C@@]21C. The Hall–Kier alpha value is -0.690. The highest BCUT2D eigenvalue weighted by Crippen LogP contribution is 2.68. The summed E-state index contributed by atoms with van der Waals surface area (Å²) in [6.07, 6.45) is 18.2. The van der Waals surface area contributed by atoms with E-state index in [0.717, 1.165) is 68.2 Å². The van der Waals surface area contributed by atoms with Gasteiger partial charge in [0.2, 0.25) is 5.91 Å². The number of nitrogens with one attached hydrogen (secondary N) is 4. The summed E-state index contributed by atoms with van der Waals surface area (Å²) >= 11 is 0. The summed E-state index contributed by atoms with van der Waals surface area (Å²) in [6.45, 7) is 17.0. The monoisotopic (exact) mass is 574 g/mol. The molecule has 0 aromatic rings. The van der Waals surface area contributed by atoms with Crippen molar-refractivity contribution >= 4 is 5.91 Å². The van der Waals surface area contributed by atoms with Crippen molar-refractivity contribution < 1.29 is 4.79 Å². The lowest BCUT2D eigenvalue weighted by Crippen LogP contribution is -2.55. The molecule has 4 aliphatic carbocycles. The van der Waals surface area contributed by atoms with E-state index in [9.17, 15) is 4.79 Å².